The number of nitrogens with one attached hydrogen (secondary N) is 2. The molecule has 0 atom stereocenters. The summed E-state index contributed by atoms with van der Waals surface area (Å²) in [5.41, 5.74) is 7.36. The lowest BCUT2D eigenvalue weighted by Gasteiger charge is -2.22. The highest BCUT2D eigenvalue weighted by Gasteiger charge is 2.62. The van der Waals surface area contributed by atoms with Crippen LogP contribution in [0.15, 0.2) is 41.4 Å². The zero-order chi connectivity index (χ0) is 29.8. The number of nitrogen functional groups attached to an aromatic ring is 1. The van der Waals surface area contributed by atoms with Crippen LogP contribution in [0.3, 0.4) is 0 Å². The summed E-state index contributed by atoms with van der Waals surface area (Å²) in [5.74, 6) is 5.16. The van der Waals surface area contributed by atoms with Crippen molar-refractivity contribution in [2.45, 2.75) is 35.7 Å². The number of carbonyl (C=O) groups is 1. The van der Waals surface area contributed by atoms with Gasteiger partial charge in [-0.1, -0.05) is 18.3 Å². The average molecular weight is 594 g/mol. The number of carbonyl (C=O) groups excluding carboxylic acids is 1. The van der Waals surface area contributed by atoms with Crippen molar-refractivity contribution in [1.82, 2.24) is 14.6 Å². The van der Waals surface area contributed by atoms with Gasteiger partial charge in [-0.25, -0.2) is 0 Å². The van der Waals surface area contributed by atoms with Crippen LogP contribution in [0.4, 0.5) is 28.9 Å². The lowest BCUT2D eigenvalue weighted by atomic mass is 10.1. The Hall–Kier alpha value is -3.76. The second kappa shape index (κ2) is 12.4. The molecule has 0 unspecified atom stereocenters. The second-order valence-electron chi connectivity index (χ2n) is 9.46. The number of anilines is 2. The standard InChI is InChI=1S/C22H18F4N4O3S.C6H13N/c1-28-19(31)12-5-7-15(17(11-12)32-2)29-9-3-4-13-10-16-14(27)6-8-18-30(16)20(13)34-22(25,26)21(23,24)33-18;1-7-5-3-2-4-6-7/h5-8,10-11,29H,9,27H2,1-2H3,(H,28,31);2-6H2,1H3. The molecule has 0 spiro atoms. The van der Waals surface area contributed by atoms with Crippen molar-refractivity contribution >= 4 is 34.6 Å². The maximum atomic E-state index is 14.2. The number of nitrogens with two attached hydrogens (primary N) is 1. The monoisotopic (exact) mass is 593 g/mol. The molecule has 2 aliphatic heterocycles. The van der Waals surface area contributed by atoms with Crippen LogP contribution in [0.2, 0.25) is 0 Å². The molecule has 1 amide bonds. The normalized spacial score (nSPS) is 17.1. The Labute approximate surface area is 239 Å². The van der Waals surface area contributed by atoms with Gasteiger partial charge in [-0.15, -0.1) is 0 Å². The molecule has 8 nitrogen and oxygen atoms in total. The van der Waals surface area contributed by atoms with Gasteiger partial charge in [0.25, 0.3) is 5.91 Å². The number of thioether (sulfide) groups is 1. The molecule has 4 N–H and O–H groups in total. The minimum atomic E-state index is -4.73. The predicted octanol–water partition coefficient (Wildman–Crippen LogP) is 5.13. The molecule has 1 fully saturated rings. The highest BCUT2D eigenvalue weighted by molar-refractivity contribution is 8.00. The Morgan fingerprint density at radius 3 is 2.51 bits per heavy atom. The number of nitrogens with zero attached hydrogens (tertiary/aromatic N) is 2. The first-order chi connectivity index (χ1) is 19.5. The Morgan fingerprint density at radius 2 is 1.88 bits per heavy atom. The molecule has 0 aliphatic carbocycles. The summed E-state index contributed by atoms with van der Waals surface area (Å²) in [5, 5.41) is 0.773. The van der Waals surface area contributed by atoms with E-state index in [2.05, 4.69) is 39.2 Å². The largest absolute Gasteiger partial charge is 0.495 e. The third-order valence-electron chi connectivity index (χ3n) is 6.53. The van der Waals surface area contributed by atoms with Crippen LogP contribution in [-0.4, -0.2) is 67.4 Å². The first-order valence-electron chi connectivity index (χ1n) is 12.9. The van der Waals surface area contributed by atoms with Crippen LogP contribution in [0, 0.1) is 11.8 Å². The number of methoxy groups -OCH3 is 1. The number of likely N-dealkylation sites (tertiary alicyclic amines) is 1. The lowest BCUT2D eigenvalue weighted by molar-refractivity contribution is -0.270. The predicted molar refractivity (Wildman–Crippen MR) is 151 cm³/mol. The number of aromatic nitrogens is 1. The summed E-state index contributed by atoms with van der Waals surface area (Å²) in [6.07, 6.45) is -0.458. The van der Waals surface area contributed by atoms with Crippen molar-refractivity contribution in [2.75, 3.05) is 51.9 Å². The molecule has 1 aromatic carbocycles. The van der Waals surface area contributed by atoms with Crippen molar-refractivity contribution in [3.05, 3.63) is 47.5 Å². The van der Waals surface area contributed by atoms with Crippen molar-refractivity contribution < 1.29 is 31.8 Å². The van der Waals surface area contributed by atoms with Crippen LogP contribution in [0.5, 0.6) is 11.6 Å². The van der Waals surface area contributed by atoms with Gasteiger partial charge in [-0.05, 0) is 75.1 Å². The van der Waals surface area contributed by atoms with E-state index in [-0.39, 0.29) is 46.0 Å². The Morgan fingerprint density at radius 1 is 1.15 bits per heavy atom. The van der Waals surface area contributed by atoms with E-state index in [0.717, 1.165) is 10.5 Å². The molecular formula is C28H31F4N5O3S. The first-order valence-corrected chi connectivity index (χ1v) is 13.7. The van der Waals surface area contributed by atoms with Crippen molar-refractivity contribution in [2.24, 2.45) is 0 Å². The van der Waals surface area contributed by atoms with Gasteiger partial charge in [-0.3, -0.25) is 9.20 Å². The molecule has 13 heteroatoms. The molecule has 0 radical (unpaired) electrons. The fourth-order valence-electron chi connectivity index (χ4n) is 4.34. The Kier molecular flexibility index (Phi) is 9.14. The molecule has 0 bridgehead atoms. The summed E-state index contributed by atoms with van der Waals surface area (Å²) in [6.45, 7) is 2.71. The zero-order valence-electron chi connectivity index (χ0n) is 22.8. The lowest BCUT2D eigenvalue weighted by Crippen LogP contribution is -2.42. The summed E-state index contributed by atoms with van der Waals surface area (Å²) >= 11 is -0.338. The van der Waals surface area contributed by atoms with Gasteiger partial charge >= 0.3 is 11.4 Å². The number of halogens is 4. The third kappa shape index (κ3) is 6.60. The highest BCUT2D eigenvalue weighted by atomic mass is 32.2. The molecular weight excluding hydrogens is 562 g/mol. The maximum Gasteiger partial charge on any atom is 0.476 e. The van der Waals surface area contributed by atoms with E-state index in [4.69, 9.17) is 10.5 Å². The second-order valence-corrected chi connectivity index (χ2v) is 10.6. The van der Waals surface area contributed by atoms with Gasteiger partial charge in [-0.2, -0.15) is 17.6 Å². The molecule has 4 heterocycles. The van der Waals surface area contributed by atoms with Gasteiger partial charge in [0.2, 0.25) is 5.88 Å². The quantitative estimate of drug-likeness (QED) is 0.286. The van der Waals surface area contributed by atoms with Crippen molar-refractivity contribution in [3.63, 3.8) is 0 Å². The van der Waals surface area contributed by atoms with E-state index >= 15 is 0 Å². The van der Waals surface area contributed by atoms with Crippen LogP contribution in [-0.2, 0) is 0 Å². The number of benzene rings is 1. The van der Waals surface area contributed by atoms with E-state index in [1.807, 2.05) is 0 Å². The minimum absolute atomic E-state index is 0.0668. The molecule has 0 saturated carbocycles. The molecule has 5 rings (SSSR count). The van der Waals surface area contributed by atoms with E-state index in [9.17, 15) is 22.4 Å². The zero-order valence-corrected chi connectivity index (χ0v) is 23.6. The molecule has 2 aliphatic rings. The Balaban J connectivity index is 0.000000483. The fourth-order valence-corrected chi connectivity index (χ4v) is 5.24. The van der Waals surface area contributed by atoms with E-state index in [0.29, 0.717) is 17.0 Å². The molecule has 220 valence electrons. The number of pyridine rings is 1. The Bertz CT molecular complexity index is 1480. The van der Waals surface area contributed by atoms with Crippen LogP contribution >= 0.6 is 11.8 Å². The smallest absolute Gasteiger partial charge is 0.476 e. The molecule has 2 aromatic heterocycles. The van der Waals surface area contributed by atoms with Crippen LogP contribution in [0.1, 0.15) is 35.2 Å². The van der Waals surface area contributed by atoms with E-state index in [1.54, 1.807) is 18.2 Å². The van der Waals surface area contributed by atoms with Gasteiger partial charge < -0.3 is 30.7 Å². The van der Waals surface area contributed by atoms with Crippen molar-refractivity contribution in [1.29, 1.82) is 0 Å². The fraction of sp³-hybridized carbons (Fsp3) is 0.393. The molecule has 3 aromatic rings. The van der Waals surface area contributed by atoms with E-state index < -0.39 is 17.2 Å². The number of rotatable bonds is 4. The molecule has 1 saturated heterocycles. The number of piperidine rings is 1. The van der Waals surface area contributed by atoms with Crippen molar-refractivity contribution in [3.8, 4) is 23.5 Å². The van der Waals surface area contributed by atoms with Gasteiger partial charge in [0, 0.05) is 18.7 Å². The first kappa shape index (κ1) is 30.2. The topological polar surface area (TPSA) is 93.3 Å². The SMILES string of the molecule is CN1CCCCC1.CNC(=O)c1ccc(NCC#Cc2cc3c(N)ccc4n3c2SC(F)(F)C(F)(F)O4)c(OC)c1. The minimum Gasteiger partial charge on any atom is -0.495 e. The summed E-state index contributed by atoms with van der Waals surface area (Å²) in [4.78, 5) is 14.2. The summed E-state index contributed by atoms with van der Waals surface area (Å²) < 4.78 is 67.2. The van der Waals surface area contributed by atoms with Gasteiger partial charge in [0.1, 0.15) is 10.8 Å². The highest BCUT2D eigenvalue weighted by Crippen LogP contribution is 2.52. The number of hydrogen-bond acceptors (Lipinski definition) is 7. The third-order valence-corrected chi connectivity index (χ3v) is 7.62. The van der Waals surface area contributed by atoms with Crippen LogP contribution < -0.4 is 25.8 Å². The number of amides is 1. The maximum absolute atomic E-state index is 14.2. The number of ether oxygens (including phenoxy) is 2. The number of alkyl halides is 4. The summed E-state index contributed by atoms with van der Waals surface area (Å²) in [7, 11) is 5.14. The van der Waals surface area contributed by atoms with Crippen LogP contribution in [0.25, 0.3) is 5.52 Å². The van der Waals surface area contributed by atoms with Gasteiger partial charge in [0.05, 0.1) is 36.1 Å². The summed E-state index contributed by atoms with van der Waals surface area (Å²) in [6, 6.07) is 8.62. The van der Waals surface area contributed by atoms with E-state index in [1.165, 1.54) is 58.6 Å². The average Bonchev–Trinajstić information content (AvgIpc) is 3.27. The molecule has 41 heavy (non-hydrogen) atoms. The number of hydrogen-bond donors (Lipinski definition) is 3. The van der Waals surface area contributed by atoms with Gasteiger partial charge in [0.15, 0.2) is 0 Å².